The number of nitro groups is 1. The number of benzene rings is 1. The highest BCUT2D eigenvalue weighted by atomic mass is 16.6. The number of fused-ring (bicyclic) bond motifs is 1. The molecule has 19 heavy (non-hydrogen) atoms. The van der Waals surface area contributed by atoms with E-state index in [4.69, 9.17) is 9.26 Å². The minimum atomic E-state index is -0.678. The summed E-state index contributed by atoms with van der Waals surface area (Å²) < 4.78 is 10.0. The molecule has 0 aliphatic carbocycles. The van der Waals surface area contributed by atoms with E-state index in [0.29, 0.717) is 0 Å². The number of para-hydroxylation sites is 1. The Morgan fingerprint density at radius 2 is 2.11 bits per heavy atom. The SMILES string of the molecule is CC(C)(C)OC(=O)c1noc2c([N+](=O)[O-])cccc12. The van der Waals surface area contributed by atoms with Crippen molar-refractivity contribution in [3.63, 3.8) is 0 Å². The van der Waals surface area contributed by atoms with E-state index in [1.807, 2.05) is 0 Å². The standard InChI is InChI=1S/C12H12N2O5/c1-12(2,3)18-11(15)9-7-5-4-6-8(14(16)17)10(7)19-13-9/h4-6H,1-3H3. The molecule has 0 atom stereocenters. The Balaban J connectivity index is 2.50. The van der Waals surface area contributed by atoms with Crippen LogP contribution in [0.4, 0.5) is 5.69 Å². The third-order valence-corrected chi connectivity index (χ3v) is 2.27. The quantitative estimate of drug-likeness (QED) is 0.470. The molecule has 0 unspecified atom stereocenters. The number of esters is 1. The highest BCUT2D eigenvalue weighted by Crippen LogP contribution is 2.28. The zero-order chi connectivity index (χ0) is 14.2. The topological polar surface area (TPSA) is 95.5 Å². The van der Waals surface area contributed by atoms with E-state index >= 15 is 0 Å². The van der Waals surface area contributed by atoms with E-state index in [2.05, 4.69) is 5.16 Å². The van der Waals surface area contributed by atoms with Crippen molar-refractivity contribution in [3.05, 3.63) is 34.0 Å². The number of ether oxygens (including phenoxy) is 1. The zero-order valence-electron chi connectivity index (χ0n) is 10.7. The number of hydrogen-bond acceptors (Lipinski definition) is 6. The number of nitro benzene ring substituents is 1. The van der Waals surface area contributed by atoms with E-state index in [0.717, 1.165) is 0 Å². The van der Waals surface area contributed by atoms with Crippen molar-refractivity contribution in [2.24, 2.45) is 0 Å². The molecule has 0 aliphatic heterocycles. The molecule has 0 saturated heterocycles. The summed E-state index contributed by atoms with van der Waals surface area (Å²) in [6.07, 6.45) is 0. The van der Waals surface area contributed by atoms with E-state index in [-0.39, 0.29) is 22.4 Å². The fourth-order valence-electron chi connectivity index (χ4n) is 1.57. The van der Waals surface area contributed by atoms with Gasteiger partial charge in [-0.15, -0.1) is 0 Å². The molecule has 0 fully saturated rings. The molecule has 0 N–H and O–H groups in total. The fourth-order valence-corrected chi connectivity index (χ4v) is 1.57. The maximum atomic E-state index is 11.9. The lowest BCUT2D eigenvalue weighted by molar-refractivity contribution is -0.383. The largest absolute Gasteiger partial charge is 0.455 e. The summed E-state index contributed by atoms with van der Waals surface area (Å²) in [7, 11) is 0. The van der Waals surface area contributed by atoms with Crippen molar-refractivity contribution in [3.8, 4) is 0 Å². The zero-order valence-corrected chi connectivity index (χ0v) is 10.7. The molecule has 0 bridgehead atoms. The molecule has 2 rings (SSSR count). The van der Waals surface area contributed by atoms with E-state index in [9.17, 15) is 14.9 Å². The summed E-state index contributed by atoms with van der Waals surface area (Å²) in [6, 6.07) is 4.27. The van der Waals surface area contributed by atoms with Gasteiger partial charge >= 0.3 is 11.7 Å². The van der Waals surface area contributed by atoms with Crippen molar-refractivity contribution in [2.75, 3.05) is 0 Å². The van der Waals surface area contributed by atoms with Crippen molar-refractivity contribution in [1.82, 2.24) is 5.16 Å². The van der Waals surface area contributed by atoms with Crippen LogP contribution in [0.15, 0.2) is 22.7 Å². The monoisotopic (exact) mass is 264 g/mol. The van der Waals surface area contributed by atoms with Gasteiger partial charge in [0.05, 0.1) is 10.3 Å². The van der Waals surface area contributed by atoms with Gasteiger partial charge in [-0.2, -0.15) is 0 Å². The van der Waals surface area contributed by atoms with Gasteiger partial charge in [0.15, 0.2) is 5.69 Å². The highest BCUT2D eigenvalue weighted by Gasteiger charge is 2.26. The van der Waals surface area contributed by atoms with Crippen LogP contribution >= 0.6 is 0 Å². The summed E-state index contributed by atoms with van der Waals surface area (Å²) in [5, 5.41) is 14.7. The van der Waals surface area contributed by atoms with Crippen LogP contribution in [0.1, 0.15) is 31.3 Å². The Morgan fingerprint density at radius 1 is 1.42 bits per heavy atom. The van der Waals surface area contributed by atoms with Gasteiger partial charge in [0.2, 0.25) is 5.58 Å². The first-order valence-electron chi connectivity index (χ1n) is 5.56. The molecule has 1 heterocycles. The first kappa shape index (κ1) is 13.0. The van der Waals surface area contributed by atoms with Gasteiger partial charge in [0.25, 0.3) is 0 Å². The van der Waals surface area contributed by atoms with Gasteiger partial charge in [-0.25, -0.2) is 4.79 Å². The van der Waals surface area contributed by atoms with E-state index < -0.39 is 16.5 Å². The molecule has 1 aromatic heterocycles. The molecule has 7 heteroatoms. The van der Waals surface area contributed by atoms with Gasteiger partial charge in [0.1, 0.15) is 5.60 Å². The van der Waals surface area contributed by atoms with Crippen LogP contribution in [0.2, 0.25) is 0 Å². The summed E-state index contributed by atoms with van der Waals surface area (Å²) in [6.45, 7) is 5.15. The molecular weight excluding hydrogens is 252 g/mol. The van der Waals surface area contributed by atoms with Crippen LogP contribution in [0.5, 0.6) is 0 Å². The molecular formula is C12H12N2O5. The summed E-state index contributed by atoms with van der Waals surface area (Å²) >= 11 is 0. The number of rotatable bonds is 2. The van der Waals surface area contributed by atoms with Crippen LogP contribution in [-0.4, -0.2) is 21.7 Å². The molecule has 100 valence electrons. The third-order valence-electron chi connectivity index (χ3n) is 2.27. The van der Waals surface area contributed by atoms with Gasteiger partial charge in [-0.3, -0.25) is 10.1 Å². The maximum absolute atomic E-state index is 11.9. The van der Waals surface area contributed by atoms with E-state index in [1.165, 1.54) is 18.2 Å². The average molecular weight is 264 g/mol. The molecule has 2 aromatic rings. The third kappa shape index (κ3) is 2.54. The van der Waals surface area contributed by atoms with Gasteiger partial charge in [-0.1, -0.05) is 11.2 Å². The van der Waals surface area contributed by atoms with Crippen molar-refractivity contribution < 1.29 is 19.0 Å². The van der Waals surface area contributed by atoms with Gasteiger partial charge < -0.3 is 9.26 Å². The number of carbonyl (C=O) groups excluding carboxylic acids is 1. The minimum absolute atomic E-state index is 0.0339. The van der Waals surface area contributed by atoms with Crippen LogP contribution in [-0.2, 0) is 4.74 Å². The van der Waals surface area contributed by atoms with Crippen LogP contribution in [0.25, 0.3) is 11.0 Å². The lowest BCUT2D eigenvalue weighted by atomic mass is 10.1. The number of non-ortho nitro benzene ring substituents is 1. The van der Waals surface area contributed by atoms with E-state index in [1.54, 1.807) is 20.8 Å². The highest BCUT2D eigenvalue weighted by molar-refractivity contribution is 6.03. The Hall–Kier alpha value is -2.44. The molecule has 0 aliphatic rings. The summed E-state index contributed by atoms with van der Waals surface area (Å²) in [5.74, 6) is -0.674. The first-order chi connectivity index (χ1) is 8.79. The smallest absolute Gasteiger partial charge is 0.361 e. The maximum Gasteiger partial charge on any atom is 0.361 e. The molecule has 0 spiro atoms. The number of nitrogens with zero attached hydrogens (tertiary/aromatic N) is 2. The second-order valence-corrected chi connectivity index (χ2v) is 4.94. The average Bonchev–Trinajstić information content (AvgIpc) is 2.69. The molecule has 0 saturated carbocycles. The van der Waals surface area contributed by atoms with Crippen LogP contribution in [0, 0.1) is 10.1 Å². The molecule has 1 aromatic carbocycles. The Bertz CT molecular complexity index is 654. The molecule has 0 radical (unpaired) electrons. The summed E-state index contributed by atoms with van der Waals surface area (Å²) in [5.41, 5.74) is -1.01. The Labute approximate surface area is 108 Å². The van der Waals surface area contributed by atoms with Crippen molar-refractivity contribution in [2.45, 2.75) is 26.4 Å². The lowest BCUT2D eigenvalue weighted by Crippen LogP contribution is -2.24. The van der Waals surface area contributed by atoms with Gasteiger partial charge in [-0.05, 0) is 26.8 Å². The molecule has 0 amide bonds. The number of hydrogen-bond donors (Lipinski definition) is 0. The first-order valence-corrected chi connectivity index (χ1v) is 5.56. The summed E-state index contributed by atoms with van der Waals surface area (Å²) in [4.78, 5) is 22.1. The van der Waals surface area contributed by atoms with Gasteiger partial charge in [0, 0.05) is 6.07 Å². The Kier molecular flexibility index (Phi) is 2.97. The normalized spacial score (nSPS) is 11.5. The lowest BCUT2D eigenvalue weighted by Gasteiger charge is -2.18. The number of carbonyl (C=O) groups is 1. The predicted molar refractivity (Wildman–Crippen MR) is 65.8 cm³/mol. The van der Waals surface area contributed by atoms with Crippen LogP contribution in [0.3, 0.4) is 0 Å². The minimum Gasteiger partial charge on any atom is -0.455 e. The van der Waals surface area contributed by atoms with Crippen molar-refractivity contribution >= 4 is 22.6 Å². The molecule has 7 nitrogen and oxygen atoms in total. The Morgan fingerprint density at radius 3 is 2.68 bits per heavy atom. The number of aromatic nitrogens is 1. The van der Waals surface area contributed by atoms with Crippen molar-refractivity contribution in [1.29, 1.82) is 0 Å². The second kappa shape index (κ2) is 4.34. The second-order valence-electron chi connectivity index (χ2n) is 4.94. The van der Waals surface area contributed by atoms with Crippen LogP contribution < -0.4 is 0 Å². The predicted octanol–water partition coefficient (Wildman–Crippen LogP) is 2.69. The fraction of sp³-hybridized carbons (Fsp3) is 0.333.